The number of hydrogen-bond donors (Lipinski definition) is 1. The third-order valence-corrected chi connectivity index (χ3v) is 2.29. The fourth-order valence-electron chi connectivity index (χ4n) is 1.68. The molecule has 0 aromatic carbocycles. The standard InChI is InChI=1S/C9H17N/c1-4-10-9-7(2)5-6-8(9)3/h5-10H,4H2,1-3H3. The fraction of sp³-hybridized carbons (Fsp3) is 0.778. The third-order valence-electron chi connectivity index (χ3n) is 2.29. The summed E-state index contributed by atoms with van der Waals surface area (Å²) in [6.45, 7) is 7.79. The summed E-state index contributed by atoms with van der Waals surface area (Å²) in [5, 5.41) is 3.48. The highest BCUT2D eigenvalue weighted by Gasteiger charge is 2.23. The van der Waals surface area contributed by atoms with Gasteiger partial charge in [-0.3, -0.25) is 0 Å². The highest BCUT2D eigenvalue weighted by Crippen LogP contribution is 2.22. The normalized spacial score (nSPS) is 38.9. The molecule has 1 N–H and O–H groups in total. The fourth-order valence-corrected chi connectivity index (χ4v) is 1.68. The Morgan fingerprint density at radius 3 is 2.10 bits per heavy atom. The summed E-state index contributed by atoms with van der Waals surface area (Å²) in [6.07, 6.45) is 4.61. The minimum absolute atomic E-state index is 0.685. The molecule has 0 heterocycles. The Balaban J connectivity index is 2.43. The van der Waals surface area contributed by atoms with Crippen LogP contribution in [0.4, 0.5) is 0 Å². The molecule has 2 unspecified atom stereocenters. The van der Waals surface area contributed by atoms with E-state index in [1.54, 1.807) is 0 Å². The van der Waals surface area contributed by atoms with Crippen LogP contribution in [0, 0.1) is 11.8 Å². The van der Waals surface area contributed by atoms with Gasteiger partial charge in [0.1, 0.15) is 0 Å². The molecule has 0 aromatic rings. The summed E-state index contributed by atoms with van der Waals surface area (Å²) in [6, 6.07) is 0.685. The summed E-state index contributed by atoms with van der Waals surface area (Å²) in [4.78, 5) is 0. The average Bonchev–Trinajstić information content (AvgIpc) is 2.20. The van der Waals surface area contributed by atoms with Crippen molar-refractivity contribution in [2.24, 2.45) is 11.8 Å². The van der Waals surface area contributed by atoms with Crippen molar-refractivity contribution in [3.05, 3.63) is 12.2 Å². The lowest BCUT2D eigenvalue weighted by molar-refractivity contribution is 0.396. The van der Waals surface area contributed by atoms with Crippen molar-refractivity contribution in [3.63, 3.8) is 0 Å². The monoisotopic (exact) mass is 139 g/mol. The maximum atomic E-state index is 3.48. The van der Waals surface area contributed by atoms with E-state index in [0.717, 1.165) is 18.4 Å². The molecule has 1 aliphatic carbocycles. The first-order valence-electron chi connectivity index (χ1n) is 4.17. The molecular weight excluding hydrogens is 122 g/mol. The molecule has 0 bridgehead atoms. The van der Waals surface area contributed by atoms with Crippen LogP contribution < -0.4 is 5.32 Å². The topological polar surface area (TPSA) is 12.0 Å². The summed E-state index contributed by atoms with van der Waals surface area (Å²) >= 11 is 0. The van der Waals surface area contributed by atoms with Gasteiger partial charge in [0.25, 0.3) is 0 Å². The van der Waals surface area contributed by atoms with Crippen molar-refractivity contribution in [3.8, 4) is 0 Å². The SMILES string of the molecule is CCNC1C(C)C=CC1C. The first-order valence-corrected chi connectivity index (χ1v) is 4.17. The van der Waals surface area contributed by atoms with Crippen LogP contribution in [0.1, 0.15) is 20.8 Å². The Hall–Kier alpha value is -0.300. The van der Waals surface area contributed by atoms with Crippen molar-refractivity contribution < 1.29 is 0 Å². The van der Waals surface area contributed by atoms with Crippen LogP contribution in [0.15, 0.2) is 12.2 Å². The second-order valence-corrected chi connectivity index (χ2v) is 3.19. The molecule has 0 spiro atoms. The largest absolute Gasteiger partial charge is 0.313 e. The summed E-state index contributed by atoms with van der Waals surface area (Å²) in [5.74, 6) is 1.44. The Morgan fingerprint density at radius 1 is 1.20 bits per heavy atom. The maximum absolute atomic E-state index is 3.48. The first kappa shape index (κ1) is 7.80. The van der Waals surface area contributed by atoms with Gasteiger partial charge in [-0.1, -0.05) is 32.9 Å². The lowest BCUT2D eigenvalue weighted by atomic mass is 9.99. The lowest BCUT2D eigenvalue weighted by Crippen LogP contribution is -2.35. The molecule has 1 heteroatoms. The molecule has 0 saturated carbocycles. The van der Waals surface area contributed by atoms with Gasteiger partial charge in [0.05, 0.1) is 0 Å². The van der Waals surface area contributed by atoms with E-state index in [1.165, 1.54) is 0 Å². The zero-order chi connectivity index (χ0) is 7.56. The molecule has 10 heavy (non-hydrogen) atoms. The van der Waals surface area contributed by atoms with E-state index in [1.807, 2.05) is 0 Å². The van der Waals surface area contributed by atoms with Gasteiger partial charge in [0.2, 0.25) is 0 Å². The Kier molecular flexibility index (Phi) is 2.50. The van der Waals surface area contributed by atoms with Crippen LogP contribution >= 0.6 is 0 Å². The molecule has 0 aromatic heterocycles. The summed E-state index contributed by atoms with van der Waals surface area (Å²) in [7, 11) is 0. The van der Waals surface area contributed by atoms with E-state index in [-0.39, 0.29) is 0 Å². The summed E-state index contributed by atoms with van der Waals surface area (Å²) < 4.78 is 0. The van der Waals surface area contributed by atoms with E-state index in [0.29, 0.717) is 6.04 Å². The van der Waals surface area contributed by atoms with Gasteiger partial charge in [-0.15, -0.1) is 0 Å². The van der Waals surface area contributed by atoms with Crippen LogP contribution in [0.25, 0.3) is 0 Å². The second-order valence-electron chi connectivity index (χ2n) is 3.19. The molecule has 1 rings (SSSR count). The van der Waals surface area contributed by atoms with Gasteiger partial charge in [0.15, 0.2) is 0 Å². The third kappa shape index (κ3) is 1.40. The second kappa shape index (κ2) is 3.20. The number of rotatable bonds is 2. The molecule has 1 nitrogen and oxygen atoms in total. The van der Waals surface area contributed by atoms with Crippen molar-refractivity contribution in [1.82, 2.24) is 5.32 Å². The van der Waals surface area contributed by atoms with Gasteiger partial charge in [-0.2, -0.15) is 0 Å². The van der Waals surface area contributed by atoms with Gasteiger partial charge < -0.3 is 5.32 Å². The molecule has 0 fully saturated rings. The quantitative estimate of drug-likeness (QED) is 0.575. The molecule has 0 amide bonds. The number of hydrogen-bond acceptors (Lipinski definition) is 1. The minimum atomic E-state index is 0.685. The molecule has 1 aliphatic rings. The Morgan fingerprint density at radius 2 is 1.70 bits per heavy atom. The van der Waals surface area contributed by atoms with E-state index in [9.17, 15) is 0 Å². The van der Waals surface area contributed by atoms with Crippen molar-refractivity contribution in [1.29, 1.82) is 0 Å². The van der Waals surface area contributed by atoms with Gasteiger partial charge in [-0.05, 0) is 18.4 Å². The van der Waals surface area contributed by atoms with Crippen LogP contribution in [0.2, 0.25) is 0 Å². The minimum Gasteiger partial charge on any atom is -0.313 e. The van der Waals surface area contributed by atoms with Crippen molar-refractivity contribution in [2.75, 3.05) is 6.54 Å². The van der Waals surface area contributed by atoms with Gasteiger partial charge in [-0.25, -0.2) is 0 Å². The van der Waals surface area contributed by atoms with Crippen LogP contribution in [-0.2, 0) is 0 Å². The zero-order valence-corrected chi connectivity index (χ0v) is 7.09. The average molecular weight is 139 g/mol. The van der Waals surface area contributed by atoms with Crippen molar-refractivity contribution >= 4 is 0 Å². The van der Waals surface area contributed by atoms with E-state index in [2.05, 4.69) is 38.2 Å². The van der Waals surface area contributed by atoms with E-state index < -0.39 is 0 Å². The van der Waals surface area contributed by atoms with E-state index >= 15 is 0 Å². The Labute approximate surface area is 63.5 Å². The highest BCUT2D eigenvalue weighted by atomic mass is 14.9. The zero-order valence-electron chi connectivity index (χ0n) is 7.09. The molecule has 0 saturated heterocycles. The molecule has 0 aliphatic heterocycles. The van der Waals surface area contributed by atoms with Gasteiger partial charge >= 0.3 is 0 Å². The first-order chi connectivity index (χ1) is 4.75. The molecule has 58 valence electrons. The Bertz CT molecular complexity index is 117. The predicted molar refractivity (Wildman–Crippen MR) is 44.9 cm³/mol. The van der Waals surface area contributed by atoms with Crippen molar-refractivity contribution in [2.45, 2.75) is 26.8 Å². The van der Waals surface area contributed by atoms with Crippen LogP contribution in [-0.4, -0.2) is 12.6 Å². The smallest absolute Gasteiger partial charge is 0.0187 e. The van der Waals surface area contributed by atoms with Crippen LogP contribution in [0.5, 0.6) is 0 Å². The molecule has 2 atom stereocenters. The van der Waals surface area contributed by atoms with E-state index in [4.69, 9.17) is 0 Å². The lowest BCUT2D eigenvalue weighted by Gasteiger charge is -2.20. The van der Waals surface area contributed by atoms with Crippen LogP contribution in [0.3, 0.4) is 0 Å². The summed E-state index contributed by atoms with van der Waals surface area (Å²) in [5.41, 5.74) is 0. The highest BCUT2D eigenvalue weighted by molar-refractivity contribution is 5.07. The molecular formula is C9H17N. The maximum Gasteiger partial charge on any atom is 0.0187 e. The van der Waals surface area contributed by atoms with Gasteiger partial charge in [0, 0.05) is 6.04 Å². The predicted octanol–water partition coefficient (Wildman–Crippen LogP) is 1.81. The molecule has 0 radical (unpaired) electrons. The number of nitrogens with one attached hydrogen (secondary N) is 1.